The lowest BCUT2D eigenvalue weighted by molar-refractivity contribution is -0.186. The van der Waals surface area contributed by atoms with Gasteiger partial charge in [0, 0.05) is 0 Å². The van der Waals surface area contributed by atoms with Gasteiger partial charge >= 0.3 is 0 Å². The minimum Gasteiger partial charge on any atom is -0.300 e. The molecule has 1 N–H and O–H groups in total. The monoisotopic (exact) mass is 133 g/mol. The standard InChI is InChI=1S/C6H9F2N/c7-6(8)4-9-5(6)2-1-3-5/h9H,1-4H2. The molecule has 1 aliphatic heterocycles. The van der Waals surface area contributed by atoms with E-state index in [4.69, 9.17) is 0 Å². The van der Waals surface area contributed by atoms with E-state index in [1.165, 1.54) is 0 Å². The fraction of sp³-hybridized carbons (Fsp3) is 1.00. The van der Waals surface area contributed by atoms with Gasteiger partial charge in [0.05, 0.1) is 12.1 Å². The van der Waals surface area contributed by atoms with Crippen LogP contribution in [0.1, 0.15) is 19.3 Å². The number of alkyl halides is 2. The zero-order valence-corrected chi connectivity index (χ0v) is 5.08. The quantitative estimate of drug-likeness (QED) is 0.522. The minimum atomic E-state index is -2.40. The summed E-state index contributed by atoms with van der Waals surface area (Å²) in [5, 5.41) is 2.80. The van der Waals surface area contributed by atoms with Crippen LogP contribution in [0.15, 0.2) is 0 Å². The average molecular weight is 133 g/mol. The van der Waals surface area contributed by atoms with Crippen LogP contribution in [0.4, 0.5) is 8.78 Å². The Labute approximate surface area is 52.4 Å². The zero-order chi connectivity index (χ0) is 6.54. The van der Waals surface area contributed by atoms with Crippen LogP contribution in [0.5, 0.6) is 0 Å². The summed E-state index contributed by atoms with van der Waals surface area (Å²) in [7, 11) is 0. The van der Waals surface area contributed by atoms with Gasteiger partial charge in [0.25, 0.3) is 5.92 Å². The molecule has 0 amide bonds. The molecule has 1 saturated carbocycles. The molecule has 1 nitrogen and oxygen atoms in total. The molecule has 9 heavy (non-hydrogen) atoms. The fourth-order valence-electron chi connectivity index (χ4n) is 1.54. The van der Waals surface area contributed by atoms with Crippen LogP contribution in [0.3, 0.4) is 0 Å². The number of nitrogens with one attached hydrogen (secondary N) is 1. The third-order valence-corrected chi connectivity index (χ3v) is 2.56. The molecule has 0 bridgehead atoms. The third-order valence-electron chi connectivity index (χ3n) is 2.56. The fourth-order valence-corrected chi connectivity index (χ4v) is 1.54. The van der Waals surface area contributed by atoms with Crippen molar-refractivity contribution < 1.29 is 8.78 Å². The molecule has 52 valence electrons. The van der Waals surface area contributed by atoms with Gasteiger partial charge in [-0.3, -0.25) is 0 Å². The maximum absolute atomic E-state index is 12.6. The molecule has 1 heterocycles. The largest absolute Gasteiger partial charge is 0.300 e. The topological polar surface area (TPSA) is 12.0 Å². The second-order valence-electron chi connectivity index (χ2n) is 2.99. The first kappa shape index (κ1) is 5.59. The van der Waals surface area contributed by atoms with Crippen LogP contribution in [0, 0.1) is 0 Å². The highest BCUT2D eigenvalue weighted by Gasteiger charge is 2.64. The molecular formula is C6H9F2N. The molecule has 2 rings (SSSR count). The molecular weight excluding hydrogens is 124 g/mol. The summed E-state index contributed by atoms with van der Waals surface area (Å²) >= 11 is 0. The Hall–Kier alpha value is -0.180. The van der Waals surface area contributed by atoms with E-state index in [-0.39, 0.29) is 6.54 Å². The molecule has 0 aromatic heterocycles. The molecule has 0 atom stereocenters. The molecule has 2 fully saturated rings. The number of rotatable bonds is 0. The predicted molar refractivity (Wildman–Crippen MR) is 29.5 cm³/mol. The zero-order valence-electron chi connectivity index (χ0n) is 5.08. The summed E-state index contributed by atoms with van der Waals surface area (Å²) in [6.07, 6.45) is 2.29. The maximum Gasteiger partial charge on any atom is 0.278 e. The Kier molecular flexibility index (Phi) is 0.799. The molecule has 0 aromatic rings. The SMILES string of the molecule is FC1(F)CNC12CCC2. The first-order valence-corrected chi connectivity index (χ1v) is 3.29. The first-order valence-electron chi connectivity index (χ1n) is 3.29. The number of hydrogen-bond acceptors (Lipinski definition) is 1. The van der Waals surface area contributed by atoms with Gasteiger partial charge < -0.3 is 5.32 Å². The van der Waals surface area contributed by atoms with Crippen LogP contribution in [-0.4, -0.2) is 18.0 Å². The Bertz CT molecular complexity index is 134. The molecule has 1 aliphatic carbocycles. The second kappa shape index (κ2) is 1.29. The minimum absolute atomic E-state index is 0.104. The van der Waals surface area contributed by atoms with E-state index in [2.05, 4.69) is 5.32 Å². The molecule has 0 aromatic carbocycles. The van der Waals surface area contributed by atoms with E-state index in [0.29, 0.717) is 12.8 Å². The van der Waals surface area contributed by atoms with Gasteiger partial charge in [-0.15, -0.1) is 0 Å². The summed E-state index contributed by atoms with van der Waals surface area (Å²) in [5.41, 5.74) is -0.743. The average Bonchev–Trinajstić information content (AvgIpc) is 1.59. The lowest BCUT2D eigenvalue weighted by Crippen LogP contribution is -2.76. The van der Waals surface area contributed by atoms with Crippen molar-refractivity contribution in [2.45, 2.75) is 30.7 Å². The molecule has 3 heteroatoms. The maximum atomic E-state index is 12.6. The van der Waals surface area contributed by atoms with Crippen LogP contribution in [-0.2, 0) is 0 Å². The Morgan fingerprint density at radius 3 is 1.89 bits per heavy atom. The molecule has 1 spiro atoms. The van der Waals surface area contributed by atoms with E-state index in [0.717, 1.165) is 6.42 Å². The van der Waals surface area contributed by atoms with E-state index >= 15 is 0 Å². The summed E-state index contributed by atoms with van der Waals surface area (Å²) in [6.45, 7) is -0.104. The first-order chi connectivity index (χ1) is 4.16. The Morgan fingerprint density at radius 2 is 1.89 bits per heavy atom. The Morgan fingerprint density at radius 1 is 1.22 bits per heavy atom. The number of halogens is 2. The van der Waals surface area contributed by atoms with Gasteiger partial charge in [0.2, 0.25) is 0 Å². The highest BCUT2D eigenvalue weighted by atomic mass is 19.3. The Balaban J connectivity index is 2.13. The van der Waals surface area contributed by atoms with Crippen molar-refractivity contribution in [1.82, 2.24) is 5.32 Å². The van der Waals surface area contributed by atoms with Gasteiger partial charge in [0.15, 0.2) is 0 Å². The van der Waals surface area contributed by atoms with Crippen molar-refractivity contribution in [3.8, 4) is 0 Å². The van der Waals surface area contributed by atoms with Gasteiger partial charge in [-0.1, -0.05) is 0 Å². The summed E-state index contributed by atoms with van der Waals surface area (Å²) in [5.74, 6) is -2.40. The van der Waals surface area contributed by atoms with E-state index < -0.39 is 11.5 Å². The summed E-state index contributed by atoms with van der Waals surface area (Å²) in [6, 6.07) is 0. The molecule has 2 aliphatic rings. The second-order valence-corrected chi connectivity index (χ2v) is 2.99. The lowest BCUT2D eigenvalue weighted by atomic mass is 9.67. The van der Waals surface area contributed by atoms with Crippen molar-refractivity contribution in [2.24, 2.45) is 0 Å². The molecule has 1 saturated heterocycles. The van der Waals surface area contributed by atoms with Crippen molar-refractivity contribution in [1.29, 1.82) is 0 Å². The highest BCUT2D eigenvalue weighted by molar-refractivity contribution is 5.14. The summed E-state index contributed by atoms with van der Waals surface area (Å²) in [4.78, 5) is 0. The third kappa shape index (κ3) is 0.467. The van der Waals surface area contributed by atoms with Crippen molar-refractivity contribution in [3.05, 3.63) is 0 Å². The number of hydrogen-bond donors (Lipinski definition) is 1. The van der Waals surface area contributed by atoms with E-state index in [1.807, 2.05) is 0 Å². The lowest BCUT2D eigenvalue weighted by Gasteiger charge is -2.55. The molecule has 0 unspecified atom stereocenters. The predicted octanol–water partition coefficient (Wildman–Crippen LogP) is 1.15. The van der Waals surface area contributed by atoms with Crippen molar-refractivity contribution >= 4 is 0 Å². The highest BCUT2D eigenvalue weighted by Crippen LogP contribution is 2.49. The molecule has 0 radical (unpaired) electrons. The summed E-state index contributed by atoms with van der Waals surface area (Å²) < 4.78 is 25.2. The van der Waals surface area contributed by atoms with Gasteiger partial charge in [0.1, 0.15) is 0 Å². The van der Waals surface area contributed by atoms with E-state index in [9.17, 15) is 8.78 Å². The van der Waals surface area contributed by atoms with Crippen molar-refractivity contribution in [2.75, 3.05) is 6.54 Å². The van der Waals surface area contributed by atoms with Crippen LogP contribution in [0.2, 0.25) is 0 Å². The smallest absolute Gasteiger partial charge is 0.278 e. The van der Waals surface area contributed by atoms with Gasteiger partial charge in [-0.25, -0.2) is 8.78 Å². The van der Waals surface area contributed by atoms with E-state index in [1.54, 1.807) is 0 Å². The normalized spacial score (nSPS) is 35.3. The van der Waals surface area contributed by atoms with Gasteiger partial charge in [-0.05, 0) is 19.3 Å². The van der Waals surface area contributed by atoms with Crippen LogP contribution >= 0.6 is 0 Å². The van der Waals surface area contributed by atoms with Crippen molar-refractivity contribution in [3.63, 3.8) is 0 Å². The van der Waals surface area contributed by atoms with Gasteiger partial charge in [-0.2, -0.15) is 0 Å². The van der Waals surface area contributed by atoms with Crippen LogP contribution in [0.25, 0.3) is 0 Å². The van der Waals surface area contributed by atoms with Crippen LogP contribution < -0.4 is 5.32 Å².